The summed E-state index contributed by atoms with van der Waals surface area (Å²) in [6, 6.07) is 26.9. The molecule has 0 aliphatic carbocycles. The zero-order valence-electron chi connectivity index (χ0n) is 18.6. The summed E-state index contributed by atoms with van der Waals surface area (Å²) in [7, 11) is -3.31. The Morgan fingerprint density at radius 3 is 1.76 bits per heavy atom. The molecule has 7 nitrogen and oxygen atoms in total. The zero-order valence-corrected chi connectivity index (χ0v) is 19.4. The van der Waals surface area contributed by atoms with Crippen LogP contribution in [0.2, 0.25) is 0 Å². The van der Waals surface area contributed by atoms with Crippen LogP contribution in [0.15, 0.2) is 101 Å². The molecular weight excluding hydrogens is 452 g/mol. The maximum Gasteiger partial charge on any atom is 0.343 e. The van der Waals surface area contributed by atoms with Gasteiger partial charge in [0.1, 0.15) is 6.61 Å². The summed E-state index contributed by atoms with van der Waals surface area (Å²) >= 11 is 0. The molecule has 8 heteroatoms. The van der Waals surface area contributed by atoms with Crippen molar-refractivity contribution in [3.63, 3.8) is 0 Å². The van der Waals surface area contributed by atoms with Crippen molar-refractivity contribution in [2.75, 3.05) is 18.6 Å². The Hall–Kier alpha value is -3.91. The first-order chi connectivity index (χ1) is 16.3. The molecule has 0 atom stereocenters. The molecule has 0 saturated carbocycles. The molecule has 0 bridgehead atoms. The van der Waals surface area contributed by atoms with Crippen LogP contribution >= 0.6 is 0 Å². The highest BCUT2D eigenvalue weighted by Crippen LogP contribution is 2.22. The Morgan fingerprint density at radius 1 is 0.735 bits per heavy atom. The lowest BCUT2D eigenvalue weighted by Crippen LogP contribution is -2.41. The lowest BCUT2D eigenvalue weighted by atomic mass is 10.1. The molecule has 0 saturated heterocycles. The highest BCUT2D eigenvalue weighted by atomic mass is 32.2. The molecule has 0 fully saturated rings. The van der Waals surface area contributed by atoms with Crippen LogP contribution < -0.4 is 16.0 Å². The Bertz CT molecular complexity index is 1490. The number of rotatable bonds is 8. The van der Waals surface area contributed by atoms with Gasteiger partial charge in [-0.2, -0.15) is 0 Å². The normalized spacial score (nSPS) is 11.3. The van der Waals surface area contributed by atoms with Crippen molar-refractivity contribution in [3.05, 3.63) is 123 Å². The van der Waals surface area contributed by atoms with Crippen LogP contribution in [-0.4, -0.2) is 36.2 Å². The van der Waals surface area contributed by atoms with Gasteiger partial charge in [0.25, 0.3) is 5.56 Å². The van der Waals surface area contributed by atoms with E-state index in [0.717, 1.165) is 16.4 Å². The largest absolute Gasteiger partial charge is 0.477 e. The summed E-state index contributed by atoms with van der Waals surface area (Å²) in [5.74, 6) is -0.205. The smallest absolute Gasteiger partial charge is 0.343 e. The van der Waals surface area contributed by atoms with E-state index in [1.807, 2.05) is 36.4 Å². The number of sulfone groups is 1. The third-order valence-corrected chi connectivity index (χ3v) is 6.16. The quantitative estimate of drug-likeness (QED) is 0.390. The predicted octanol–water partition coefficient (Wildman–Crippen LogP) is 3.00. The first-order valence-corrected chi connectivity index (χ1v) is 12.8. The SMILES string of the molecule is CS(=O)(=O)CCOc1c(Cc2ccccc2)c(=O)n(-c2ccccc2)c(=O)n1-c1ccccc1. The molecule has 34 heavy (non-hydrogen) atoms. The van der Waals surface area contributed by atoms with Gasteiger partial charge in [-0.05, 0) is 29.8 Å². The summed E-state index contributed by atoms with van der Waals surface area (Å²) in [4.78, 5) is 27.4. The van der Waals surface area contributed by atoms with Crippen molar-refractivity contribution in [3.8, 4) is 17.3 Å². The lowest BCUT2D eigenvalue weighted by molar-refractivity contribution is 0.311. The fourth-order valence-electron chi connectivity index (χ4n) is 3.64. The molecule has 3 aromatic carbocycles. The standard InChI is InChI=1S/C26H24N2O5S/c1-34(31,32)18-17-33-25-23(19-20-11-5-2-6-12-20)24(29)27(21-13-7-3-8-14-21)26(30)28(25)22-15-9-4-10-16-22/h2-16H,17-19H2,1H3. The number of para-hydroxylation sites is 2. The van der Waals surface area contributed by atoms with Crippen molar-refractivity contribution >= 4 is 9.84 Å². The minimum Gasteiger partial charge on any atom is -0.477 e. The molecule has 4 aromatic rings. The van der Waals surface area contributed by atoms with Crippen molar-refractivity contribution in [2.45, 2.75) is 6.42 Å². The average Bonchev–Trinajstić information content (AvgIpc) is 2.83. The molecule has 0 radical (unpaired) electrons. The second-order valence-corrected chi connectivity index (χ2v) is 10.1. The van der Waals surface area contributed by atoms with Crippen molar-refractivity contribution < 1.29 is 13.2 Å². The molecule has 0 unspecified atom stereocenters. The highest BCUT2D eigenvalue weighted by Gasteiger charge is 2.23. The van der Waals surface area contributed by atoms with Crippen LogP contribution in [0.1, 0.15) is 11.1 Å². The molecule has 174 valence electrons. The number of hydrogen-bond donors (Lipinski definition) is 0. The van der Waals surface area contributed by atoms with Crippen LogP contribution in [0.4, 0.5) is 0 Å². The summed E-state index contributed by atoms with van der Waals surface area (Å²) in [5.41, 5.74) is 0.924. The maximum atomic E-state index is 13.7. The topological polar surface area (TPSA) is 87.4 Å². The Balaban J connectivity index is 2.01. The number of ether oxygens (including phenoxy) is 1. The van der Waals surface area contributed by atoms with Crippen LogP contribution in [-0.2, 0) is 16.3 Å². The lowest BCUT2D eigenvalue weighted by Gasteiger charge is -2.20. The van der Waals surface area contributed by atoms with Gasteiger partial charge >= 0.3 is 5.69 Å². The van der Waals surface area contributed by atoms with Gasteiger partial charge in [0.05, 0.1) is 22.7 Å². The molecular formula is C26H24N2O5S. The molecule has 0 amide bonds. The summed E-state index contributed by atoms with van der Waals surface area (Å²) < 4.78 is 31.8. The van der Waals surface area contributed by atoms with Crippen molar-refractivity contribution in [2.24, 2.45) is 0 Å². The molecule has 0 N–H and O–H groups in total. The van der Waals surface area contributed by atoms with Gasteiger partial charge in [0.2, 0.25) is 5.88 Å². The Morgan fingerprint density at radius 2 is 1.24 bits per heavy atom. The molecule has 4 rings (SSSR count). The van der Waals surface area contributed by atoms with E-state index in [1.165, 1.54) is 4.57 Å². The number of nitrogens with zero attached hydrogens (tertiary/aromatic N) is 2. The Labute approximate surface area is 197 Å². The van der Waals surface area contributed by atoms with Gasteiger partial charge in [-0.25, -0.2) is 22.3 Å². The average molecular weight is 477 g/mol. The van der Waals surface area contributed by atoms with E-state index in [0.29, 0.717) is 11.4 Å². The first kappa shape index (κ1) is 23.3. The predicted molar refractivity (Wildman–Crippen MR) is 132 cm³/mol. The van der Waals surface area contributed by atoms with Gasteiger partial charge < -0.3 is 4.74 Å². The fraction of sp³-hybridized carbons (Fsp3) is 0.154. The van der Waals surface area contributed by atoms with Gasteiger partial charge in [-0.3, -0.25) is 4.79 Å². The fourth-order valence-corrected chi connectivity index (χ4v) is 4.02. The van der Waals surface area contributed by atoms with E-state index in [-0.39, 0.29) is 30.2 Å². The molecule has 1 aromatic heterocycles. The van der Waals surface area contributed by atoms with Crippen LogP contribution in [0.3, 0.4) is 0 Å². The van der Waals surface area contributed by atoms with E-state index in [9.17, 15) is 18.0 Å². The number of hydrogen-bond acceptors (Lipinski definition) is 5. The summed E-state index contributed by atoms with van der Waals surface area (Å²) in [6.07, 6.45) is 1.31. The van der Waals surface area contributed by atoms with Gasteiger partial charge in [0.15, 0.2) is 9.84 Å². The van der Waals surface area contributed by atoms with Crippen molar-refractivity contribution in [1.29, 1.82) is 0 Å². The van der Waals surface area contributed by atoms with Crippen LogP contribution in [0, 0.1) is 0 Å². The third-order valence-electron chi connectivity index (χ3n) is 5.25. The molecule has 0 spiro atoms. The van der Waals surface area contributed by atoms with E-state index in [2.05, 4.69) is 0 Å². The summed E-state index contributed by atoms with van der Waals surface area (Å²) in [6.45, 7) is -0.193. The zero-order chi connectivity index (χ0) is 24.1. The molecule has 0 aliphatic heterocycles. The minimum atomic E-state index is -3.31. The van der Waals surface area contributed by atoms with Crippen LogP contribution in [0.25, 0.3) is 11.4 Å². The van der Waals surface area contributed by atoms with Crippen molar-refractivity contribution in [1.82, 2.24) is 9.13 Å². The second-order valence-electron chi connectivity index (χ2n) is 7.85. The van der Waals surface area contributed by atoms with Gasteiger partial charge in [-0.1, -0.05) is 66.7 Å². The monoisotopic (exact) mass is 476 g/mol. The number of aromatic nitrogens is 2. The summed E-state index contributed by atoms with van der Waals surface area (Å²) in [5, 5.41) is 0. The first-order valence-electron chi connectivity index (χ1n) is 10.7. The highest BCUT2D eigenvalue weighted by molar-refractivity contribution is 7.90. The van der Waals surface area contributed by atoms with Crippen LogP contribution in [0.5, 0.6) is 5.88 Å². The van der Waals surface area contributed by atoms with E-state index in [1.54, 1.807) is 54.6 Å². The molecule has 0 aliphatic rings. The second kappa shape index (κ2) is 9.93. The van der Waals surface area contributed by atoms with E-state index < -0.39 is 21.1 Å². The van der Waals surface area contributed by atoms with Gasteiger partial charge in [0, 0.05) is 12.7 Å². The van der Waals surface area contributed by atoms with Gasteiger partial charge in [-0.15, -0.1) is 0 Å². The van der Waals surface area contributed by atoms with E-state index in [4.69, 9.17) is 4.74 Å². The molecule has 1 heterocycles. The van der Waals surface area contributed by atoms with E-state index >= 15 is 0 Å². The third kappa shape index (κ3) is 5.18. The number of benzene rings is 3. The Kier molecular flexibility index (Phi) is 6.79. The minimum absolute atomic E-state index is 0.0425. The maximum absolute atomic E-state index is 13.7.